The largest absolute Gasteiger partial charge is 0.506 e. The lowest BCUT2D eigenvalue weighted by molar-refractivity contribution is -0.115. The SMILES string of the molecule is CCc1nnc(-c2ccc(O)c(NC(=O)Cc3ccccc3C(=O)O)c2)o1. The van der Waals surface area contributed by atoms with Crippen LogP contribution in [0.3, 0.4) is 0 Å². The van der Waals surface area contributed by atoms with E-state index in [9.17, 15) is 19.8 Å². The van der Waals surface area contributed by atoms with E-state index in [1.807, 2.05) is 6.92 Å². The summed E-state index contributed by atoms with van der Waals surface area (Å²) in [5.41, 5.74) is 1.15. The van der Waals surface area contributed by atoms with Gasteiger partial charge in [-0.1, -0.05) is 25.1 Å². The van der Waals surface area contributed by atoms with Crippen LogP contribution in [0.2, 0.25) is 0 Å². The zero-order valence-electron chi connectivity index (χ0n) is 14.5. The number of hydrogen-bond acceptors (Lipinski definition) is 6. The number of phenols is 1. The van der Waals surface area contributed by atoms with Crippen molar-refractivity contribution in [1.29, 1.82) is 0 Å². The van der Waals surface area contributed by atoms with Gasteiger partial charge in [-0.15, -0.1) is 10.2 Å². The first-order valence-corrected chi connectivity index (χ1v) is 8.24. The lowest BCUT2D eigenvalue weighted by Gasteiger charge is -2.10. The molecule has 0 saturated heterocycles. The highest BCUT2D eigenvalue weighted by Crippen LogP contribution is 2.29. The van der Waals surface area contributed by atoms with Gasteiger partial charge in [-0.05, 0) is 29.8 Å². The molecule has 0 atom stereocenters. The van der Waals surface area contributed by atoms with E-state index >= 15 is 0 Å². The predicted octanol–water partition coefficient (Wildman–Crippen LogP) is 2.88. The first-order chi connectivity index (χ1) is 13.0. The molecule has 1 aromatic heterocycles. The first kappa shape index (κ1) is 18.1. The van der Waals surface area contributed by atoms with E-state index in [1.165, 1.54) is 18.2 Å². The van der Waals surface area contributed by atoms with Crippen molar-refractivity contribution in [2.75, 3.05) is 5.32 Å². The molecule has 0 aliphatic carbocycles. The van der Waals surface area contributed by atoms with Crippen molar-refractivity contribution in [3.05, 3.63) is 59.5 Å². The van der Waals surface area contributed by atoms with E-state index in [-0.39, 0.29) is 29.3 Å². The molecule has 0 bridgehead atoms. The van der Waals surface area contributed by atoms with Crippen LogP contribution in [-0.4, -0.2) is 32.3 Å². The Balaban J connectivity index is 1.80. The number of carbonyl (C=O) groups is 2. The van der Waals surface area contributed by atoms with Crippen LogP contribution in [0.25, 0.3) is 11.5 Å². The third kappa shape index (κ3) is 4.12. The molecule has 0 aliphatic rings. The number of aromatic nitrogens is 2. The highest BCUT2D eigenvalue weighted by Gasteiger charge is 2.15. The van der Waals surface area contributed by atoms with Crippen LogP contribution < -0.4 is 5.32 Å². The molecule has 8 heteroatoms. The molecule has 3 rings (SSSR count). The fourth-order valence-corrected chi connectivity index (χ4v) is 2.53. The molecule has 0 saturated carbocycles. The van der Waals surface area contributed by atoms with Gasteiger partial charge < -0.3 is 19.9 Å². The molecule has 2 aromatic carbocycles. The average molecular weight is 367 g/mol. The van der Waals surface area contributed by atoms with Crippen molar-refractivity contribution >= 4 is 17.6 Å². The summed E-state index contributed by atoms with van der Waals surface area (Å²) in [6.07, 6.45) is 0.449. The summed E-state index contributed by atoms with van der Waals surface area (Å²) in [6.45, 7) is 1.88. The van der Waals surface area contributed by atoms with Crippen LogP contribution in [0.15, 0.2) is 46.9 Å². The van der Waals surface area contributed by atoms with Gasteiger partial charge in [0.05, 0.1) is 17.7 Å². The minimum Gasteiger partial charge on any atom is -0.506 e. The Morgan fingerprint density at radius 3 is 2.63 bits per heavy atom. The summed E-state index contributed by atoms with van der Waals surface area (Å²) >= 11 is 0. The van der Waals surface area contributed by atoms with Gasteiger partial charge >= 0.3 is 5.97 Å². The minimum atomic E-state index is -1.11. The second-order valence-electron chi connectivity index (χ2n) is 5.77. The standard InChI is InChI=1S/C19H17N3O5/c1-2-17-21-22-18(27-17)12-7-8-15(23)14(9-12)20-16(24)10-11-5-3-4-6-13(11)19(25)26/h3-9,23H,2,10H2,1H3,(H,20,24)(H,25,26). The molecule has 3 N–H and O–H groups in total. The summed E-state index contributed by atoms with van der Waals surface area (Å²) in [5.74, 6) is -0.941. The summed E-state index contributed by atoms with van der Waals surface area (Å²) in [4.78, 5) is 23.6. The van der Waals surface area contributed by atoms with E-state index < -0.39 is 11.9 Å². The van der Waals surface area contributed by atoms with Crippen LogP contribution >= 0.6 is 0 Å². The number of amides is 1. The van der Waals surface area contributed by atoms with Crippen LogP contribution in [-0.2, 0) is 17.6 Å². The Morgan fingerprint density at radius 2 is 1.93 bits per heavy atom. The monoisotopic (exact) mass is 367 g/mol. The smallest absolute Gasteiger partial charge is 0.335 e. The molecular formula is C19H17N3O5. The summed E-state index contributed by atoms with van der Waals surface area (Å²) in [6, 6.07) is 10.8. The summed E-state index contributed by atoms with van der Waals surface area (Å²) in [7, 11) is 0. The van der Waals surface area contributed by atoms with Crippen molar-refractivity contribution in [1.82, 2.24) is 10.2 Å². The Kier molecular flexibility index (Phi) is 5.16. The quantitative estimate of drug-likeness (QED) is 0.572. The van der Waals surface area contributed by atoms with E-state index in [0.29, 0.717) is 23.4 Å². The Hall–Kier alpha value is -3.68. The highest BCUT2D eigenvalue weighted by atomic mass is 16.4. The fourth-order valence-electron chi connectivity index (χ4n) is 2.53. The van der Waals surface area contributed by atoms with Gasteiger partial charge in [0.1, 0.15) is 5.75 Å². The van der Waals surface area contributed by atoms with E-state index in [1.54, 1.807) is 24.3 Å². The van der Waals surface area contributed by atoms with Gasteiger partial charge in [0.15, 0.2) is 0 Å². The van der Waals surface area contributed by atoms with Gasteiger partial charge in [0, 0.05) is 12.0 Å². The van der Waals surface area contributed by atoms with Gasteiger partial charge in [0.2, 0.25) is 17.7 Å². The number of benzene rings is 2. The van der Waals surface area contributed by atoms with Crippen molar-refractivity contribution in [3.8, 4) is 17.2 Å². The number of phenolic OH excluding ortho intramolecular Hbond substituents is 1. The third-order valence-corrected chi connectivity index (χ3v) is 3.89. The van der Waals surface area contributed by atoms with Crippen molar-refractivity contribution in [2.24, 2.45) is 0 Å². The third-order valence-electron chi connectivity index (χ3n) is 3.89. The molecule has 1 amide bonds. The molecule has 0 radical (unpaired) electrons. The molecule has 138 valence electrons. The van der Waals surface area contributed by atoms with Gasteiger partial charge in [-0.25, -0.2) is 4.79 Å². The van der Waals surface area contributed by atoms with E-state index in [0.717, 1.165) is 0 Å². The zero-order valence-corrected chi connectivity index (χ0v) is 14.5. The number of aromatic hydroxyl groups is 1. The maximum atomic E-state index is 12.3. The van der Waals surface area contributed by atoms with Gasteiger partial charge in [0.25, 0.3) is 0 Å². The van der Waals surface area contributed by atoms with Crippen LogP contribution in [0.4, 0.5) is 5.69 Å². The molecule has 0 aliphatic heterocycles. The normalized spacial score (nSPS) is 10.6. The fraction of sp³-hybridized carbons (Fsp3) is 0.158. The highest BCUT2D eigenvalue weighted by molar-refractivity contribution is 5.97. The van der Waals surface area contributed by atoms with Crippen molar-refractivity contribution < 1.29 is 24.2 Å². The number of nitrogens with one attached hydrogen (secondary N) is 1. The summed E-state index contributed by atoms with van der Waals surface area (Å²) < 4.78 is 5.47. The number of carboxylic acid groups (broad SMARTS) is 1. The predicted molar refractivity (Wildman–Crippen MR) is 96.5 cm³/mol. The lowest BCUT2D eigenvalue weighted by Crippen LogP contribution is -2.16. The molecule has 3 aromatic rings. The van der Waals surface area contributed by atoms with Crippen LogP contribution in [0.1, 0.15) is 28.7 Å². The van der Waals surface area contributed by atoms with Gasteiger partial charge in [-0.3, -0.25) is 4.79 Å². The van der Waals surface area contributed by atoms with E-state index in [4.69, 9.17) is 4.42 Å². The number of aromatic carboxylic acids is 1. The number of anilines is 1. The molecular weight excluding hydrogens is 350 g/mol. The number of carbonyl (C=O) groups excluding carboxylic acids is 1. The van der Waals surface area contributed by atoms with Crippen LogP contribution in [0, 0.1) is 0 Å². The second kappa shape index (κ2) is 7.69. The topological polar surface area (TPSA) is 126 Å². The maximum Gasteiger partial charge on any atom is 0.335 e. The zero-order chi connectivity index (χ0) is 19.4. The molecule has 0 fully saturated rings. The van der Waals surface area contributed by atoms with E-state index in [2.05, 4.69) is 15.5 Å². The first-order valence-electron chi connectivity index (χ1n) is 8.24. The van der Waals surface area contributed by atoms with Crippen LogP contribution in [0.5, 0.6) is 5.75 Å². The number of hydrogen-bond donors (Lipinski definition) is 3. The average Bonchev–Trinajstić information content (AvgIpc) is 3.13. The number of nitrogens with zero attached hydrogens (tertiary/aromatic N) is 2. The van der Waals surface area contributed by atoms with Gasteiger partial charge in [-0.2, -0.15) is 0 Å². The van der Waals surface area contributed by atoms with Crippen molar-refractivity contribution in [2.45, 2.75) is 19.8 Å². The number of carboxylic acids is 1. The second-order valence-corrected chi connectivity index (χ2v) is 5.77. The number of rotatable bonds is 6. The molecule has 1 heterocycles. The molecule has 27 heavy (non-hydrogen) atoms. The number of aryl methyl sites for hydroxylation is 1. The van der Waals surface area contributed by atoms with Crippen molar-refractivity contribution in [3.63, 3.8) is 0 Å². The Morgan fingerprint density at radius 1 is 1.15 bits per heavy atom. The summed E-state index contributed by atoms with van der Waals surface area (Å²) in [5, 5.41) is 29.6. The molecule has 8 nitrogen and oxygen atoms in total. The Bertz CT molecular complexity index is 997. The Labute approximate surface area is 154 Å². The minimum absolute atomic E-state index is 0.0589. The lowest BCUT2D eigenvalue weighted by atomic mass is 10.0. The maximum absolute atomic E-state index is 12.3. The molecule has 0 spiro atoms. The molecule has 0 unspecified atom stereocenters.